The van der Waals surface area contributed by atoms with E-state index in [0.717, 1.165) is 0 Å². The second-order valence-corrected chi connectivity index (χ2v) is 4.64. The summed E-state index contributed by atoms with van der Waals surface area (Å²) in [6, 6.07) is 4.30. The molecule has 0 radical (unpaired) electrons. The van der Waals surface area contributed by atoms with Crippen molar-refractivity contribution in [3.05, 3.63) is 28.3 Å². The molecule has 0 saturated carbocycles. The summed E-state index contributed by atoms with van der Waals surface area (Å²) in [5.74, 6) is -1.05. The third-order valence-corrected chi connectivity index (χ3v) is 2.79. The SMILES string of the molecule is CC(=O)Nc1c(OCCCCCC(=O)O)cccc1[N+](=O)[O-]. The van der Waals surface area contributed by atoms with E-state index in [1.807, 2.05) is 0 Å². The number of aliphatic carboxylic acids is 1. The number of carboxylic acid groups (broad SMARTS) is 1. The molecule has 0 fully saturated rings. The van der Waals surface area contributed by atoms with Gasteiger partial charge in [-0.15, -0.1) is 0 Å². The van der Waals surface area contributed by atoms with Crippen molar-refractivity contribution in [2.24, 2.45) is 0 Å². The molecule has 8 heteroatoms. The van der Waals surface area contributed by atoms with E-state index in [1.165, 1.54) is 25.1 Å². The highest BCUT2D eigenvalue weighted by Gasteiger charge is 2.19. The number of nitrogens with one attached hydrogen (secondary N) is 1. The van der Waals surface area contributed by atoms with E-state index in [1.54, 1.807) is 0 Å². The van der Waals surface area contributed by atoms with Crippen LogP contribution in [0.25, 0.3) is 0 Å². The van der Waals surface area contributed by atoms with E-state index >= 15 is 0 Å². The van der Waals surface area contributed by atoms with Gasteiger partial charge in [-0.25, -0.2) is 0 Å². The molecule has 0 heterocycles. The maximum absolute atomic E-state index is 11.2. The Balaban J connectivity index is 2.65. The number of rotatable bonds is 9. The van der Waals surface area contributed by atoms with Crippen molar-refractivity contribution in [1.29, 1.82) is 0 Å². The molecule has 2 N–H and O–H groups in total. The Hall–Kier alpha value is -2.64. The summed E-state index contributed by atoms with van der Waals surface area (Å²) in [6.07, 6.45) is 1.95. The Morgan fingerprint density at radius 3 is 2.64 bits per heavy atom. The molecule has 120 valence electrons. The van der Waals surface area contributed by atoms with Crippen LogP contribution in [0.5, 0.6) is 5.75 Å². The quantitative estimate of drug-likeness (QED) is 0.411. The predicted molar refractivity (Wildman–Crippen MR) is 79.0 cm³/mol. The Labute approximate surface area is 127 Å². The summed E-state index contributed by atoms with van der Waals surface area (Å²) in [6.45, 7) is 1.54. The van der Waals surface area contributed by atoms with Gasteiger partial charge >= 0.3 is 5.97 Å². The van der Waals surface area contributed by atoms with Crippen LogP contribution in [0.2, 0.25) is 0 Å². The van der Waals surface area contributed by atoms with Crippen molar-refractivity contribution in [3.8, 4) is 5.75 Å². The number of nitro benzene ring substituents is 1. The number of para-hydroxylation sites is 1. The molecule has 0 aliphatic carbocycles. The van der Waals surface area contributed by atoms with Crippen molar-refractivity contribution < 1.29 is 24.4 Å². The van der Waals surface area contributed by atoms with Gasteiger partial charge in [0.15, 0.2) is 5.69 Å². The van der Waals surface area contributed by atoms with Gasteiger partial charge in [0.2, 0.25) is 5.91 Å². The summed E-state index contributed by atoms with van der Waals surface area (Å²) in [5.41, 5.74) is -0.205. The molecule has 0 aliphatic rings. The molecule has 1 rings (SSSR count). The highest BCUT2D eigenvalue weighted by Crippen LogP contribution is 2.34. The number of amides is 1. The molecule has 8 nitrogen and oxygen atoms in total. The number of nitrogens with zero attached hydrogens (tertiary/aromatic N) is 1. The summed E-state index contributed by atoms with van der Waals surface area (Å²) >= 11 is 0. The molecule has 22 heavy (non-hydrogen) atoms. The van der Waals surface area contributed by atoms with E-state index in [2.05, 4.69) is 5.32 Å². The normalized spacial score (nSPS) is 10.0. The van der Waals surface area contributed by atoms with Crippen molar-refractivity contribution in [1.82, 2.24) is 0 Å². The number of anilines is 1. The first-order valence-electron chi connectivity index (χ1n) is 6.81. The second kappa shape index (κ2) is 8.60. The van der Waals surface area contributed by atoms with E-state index in [4.69, 9.17) is 9.84 Å². The van der Waals surface area contributed by atoms with E-state index < -0.39 is 16.8 Å². The van der Waals surface area contributed by atoms with Gasteiger partial charge in [0.05, 0.1) is 11.5 Å². The lowest BCUT2D eigenvalue weighted by Crippen LogP contribution is -2.10. The Bertz CT molecular complexity index is 558. The third kappa shape index (κ3) is 5.78. The fourth-order valence-corrected chi connectivity index (χ4v) is 1.83. The number of hydrogen-bond donors (Lipinski definition) is 2. The Kier molecular flexibility index (Phi) is 6.81. The van der Waals surface area contributed by atoms with Crippen molar-refractivity contribution in [2.75, 3.05) is 11.9 Å². The number of benzene rings is 1. The lowest BCUT2D eigenvalue weighted by atomic mass is 10.2. The molecular formula is C14H18N2O6. The molecule has 0 saturated heterocycles. The molecule has 0 aliphatic heterocycles. The summed E-state index contributed by atoms with van der Waals surface area (Å²) < 4.78 is 5.47. The second-order valence-electron chi connectivity index (χ2n) is 4.64. The van der Waals surface area contributed by atoms with Crippen molar-refractivity contribution in [2.45, 2.75) is 32.6 Å². The first-order valence-corrected chi connectivity index (χ1v) is 6.81. The van der Waals surface area contributed by atoms with Crippen LogP contribution in [-0.2, 0) is 9.59 Å². The summed E-state index contributed by atoms with van der Waals surface area (Å²) in [5, 5.41) is 21.9. The molecule has 1 amide bonds. The molecule has 0 bridgehead atoms. The Morgan fingerprint density at radius 1 is 1.32 bits per heavy atom. The lowest BCUT2D eigenvalue weighted by molar-refractivity contribution is -0.384. The van der Waals surface area contributed by atoms with Gasteiger partial charge in [-0.2, -0.15) is 0 Å². The van der Waals surface area contributed by atoms with Crippen LogP contribution in [0.15, 0.2) is 18.2 Å². The zero-order valence-electron chi connectivity index (χ0n) is 12.2. The summed E-state index contributed by atoms with van der Waals surface area (Å²) in [4.78, 5) is 31.9. The van der Waals surface area contributed by atoms with Gasteiger partial charge in [0, 0.05) is 19.4 Å². The fourth-order valence-electron chi connectivity index (χ4n) is 1.83. The minimum atomic E-state index is -0.840. The minimum absolute atomic E-state index is 0.0329. The fraction of sp³-hybridized carbons (Fsp3) is 0.429. The standard InChI is InChI=1S/C14H18N2O6/c1-10(17)15-14-11(16(20)21)6-5-7-12(14)22-9-4-2-3-8-13(18)19/h5-7H,2-4,8-9H2,1H3,(H,15,17)(H,18,19). The van der Waals surface area contributed by atoms with Gasteiger partial charge in [0.1, 0.15) is 5.75 Å². The van der Waals surface area contributed by atoms with E-state index in [9.17, 15) is 19.7 Å². The average Bonchev–Trinajstić information content (AvgIpc) is 2.42. The molecule has 1 aromatic rings. The highest BCUT2D eigenvalue weighted by molar-refractivity contribution is 5.93. The monoisotopic (exact) mass is 310 g/mol. The number of carbonyl (C=O) groups excluding carboxylic acids is 1. The number of unbranched alkanes of at least 4 members (excludes halogenated alkanes) is 2. The van der Waals surface area contributed by atoms with Crippen LogP contribution in [0, 0.1) is 10.1 Å². The van der Waals surface area contributed by atoms with Crippen LogP contribution < -0.4 is 10.1 Å². The number of hydrogen-bond acceptors (Lipinski definition) is 5. The van der Waals surface area contributed by atoms with Gasteiger partial charge in [-0.1, -0.05) is 6.07 Å². The molecule has 0 spiro atoms. The van der Waals surface area contributed by atoms with Crippen molar-refractivity contribution >= 4 is 23.3 Å². The zero-order chi connectivity index (χ0) is 16.5. The average molecular weight is 310 g/mol. The smallest absolute Gasteiger partial charge is 0.303 e. The van der Waals surface area contributed by atoms with Crippen LogP contribution in [0.3, 0.4) is 0 Å². The van der Waals surface area contributed by atoms with Crippen LogP contribution >= 0.6 is 0 Å². The topological polar surface area (TPSA) is 119 Å². The molecule has 0 atom stereocenters. The van der Waals surface area contributed by atoms with Crippen LogP contribution in [-0.4, -0.2) is 28.5 Å². The molecule has 0 aromatic heterocycles. The minimum Gasteiger partial charge on any atom is -0.491 e. The van der Waals surface area contributed by atoms with Gasteiger partial charge in [-0.3, -0.25) is 19.7 Å². The lowest BCUT2D eigenvalue weighted by Gasteiger charge is -2.11. The van der Waals surface area contributed by atoms with Gasteiger partial charge in [0.25, 0.3) is 5.69 Å². The first kappa shape index (κ1) is 17.4. The van der Waals surface area contributed by atoms with Gasteiger partial charge in [-0.05, 0) is 25.3 Å². The molecule has 1 aromatic carbocycles. The van der Waals surface area contributed by atoms with E-state index in [0.29, 0.717) is 19.3 Å². The zero-order valence-corrected chi connectivity index (χ0v) is 12.2. The number of ether oxygens (including phenoxy) is 1. The highest BCUT2D eigenvalue weighted by atomic mass is 16.6. The largest absolute Gasteiger partial charge is 0.491 e. The maximum Gasteiger partial charge on any atom is 0.303 e. The first-order chi connectivity index (χ1) is 10.4. The van der Waals surface area contributed by atoms with Crippen LogP contribution in [0.4, 0.5) is 11.4 Å². The number of carbonyl (C=O) groups is 2. The van der Waals surface area contributed by atoms with Crippen LogP contribution in [0.1, 0.15) is 32.6 Å². The predicted octanol–water partition coefficient (Wildman–Crippen LogP) is 2.58. The number of nitro groups is 1. The number of carboxylic acids is 1. The van der Waals surface area contributed by atoms with Crippen molar-refractivity contribution in [3.63, 3.8) is 0 Å². The van der Waals surface area contributed by atoms with Gasteiger partial charge < -0.3 is 15.2 Å². The summed E-state index contributed by atoms with van der Waals surface area (Å²) in [7, 11) is 0. The maximum atomic E-state index is 11.2. The Morgan fingerprint density at radius 2 is 2.05 bits per heavy atom. The van der Waals surface area contributed by atoms with E-state index in [-0.39, 0.29) is 30.2 Å². The molecular weight excluding hydrogens is 292 g/mol. The third-order valence-electron chi connectivity index (χ3n) is 2.79. The molecule has 0 unspecified atom stereocenters.